The van der Waals surface area contributed by atoms with Crippen molar-refractivity contribution in [1.29, 1.82) is 0 Å². The molecule has 0 bridgehead atoms. The maximum atomic E-state index is 11.7. The lowest BCUT2D eigenvalue weighted by Gasteiger charge is -2.26. The van der Waals surface area contributed by atoms with E-state index >= 15 is 0 Å². The molecule has 2 aliphatic rings. The number of amides is 1. The Morgan fingerprint density at radius 2 is 1.90 bits per heavy atom. The standard InChI is InChI=1S/C16H31N3O2/c20-16(18-13-15-5-2-1-3-6-15)14-17-7-4-8-19-9-11-21-12-10-19/h15,17H,1-14H2,(H,18,20). The average molecular weight is 297 g/mol. The quantitative estimate of drug-likeness (QED) is 0.656. The highest BCUT2D eigenvalue weighted by Crippen LogP contribution is 2.22. The van der Waals surface area contributed by atoms with E-state index in [4.69, 9.17) is 4.74 Å². The molecule has 21 heavy (non-hydrogen) atoms. The second-order valence-corrected chi connectivity index (χ2v) is 6.29. The van der Waals surface area contributed by atoms with Crippen molar-refractivity contribution in [3.8, 4) is 0 Å². The van der Waals surface area contributed by atoms with E-state index in [0.717, 1.165) is 52.4 Å². The molecule has 5 heteroatoms. The zero-order valence-electron chi connectivity index (χ0n) is 13.2. The molecule has 0 atom stereocenters. The molecule has 122 valence electrons. The summed E-state index contributed by atoms with van der Waals surface area (Å²) in [4.78, 5) is 14.2. The third kappa shape index (κ3) is 7.25. The molecule has 2 rings (SSSR count). The van der Waals surface area contributed by atoms with Gasteiger partial charge in [0.2, 0.25) is 5.91 Å². The molecular formula is C16H31N3O2. The predicted octanol–water partition coefficient (Wildman–Crippen LogP) is 0.995. The third-order valence-electron chi connectivity index (χ3n) is 4.53. The summed E-state index contributed by atoms with van der Waals surface area (Å²) in [5, 5.41) is 6.31. The SMILES string of the molecule is O=C(CNCCCN1CCOCC1)NCC1CCCCC1. The molecule has 1 saturated heterocycles. The highest BCUT2D eigenvalue weighted by molar-refractivity contribution is 5.77. The zero-order chi connectivity index (χ0) is 14.8. The van der Waals surface area contributed by atoms with E-state index in [1.165, 1.54) is 32.1 Å². The summed E-state index contributed by atoms with van der Waals surface area (Å²) < 4.78 is 5.33. The monoisotopic (exact) mass is 297 g/mol. The minimum Gasteiger partial charge on any atom is -0.379 e. The first kappa shape index (κ1) is 16.7. The third-order valence-corrected chi connectivity index (χ3v) is 4.53. The van der Waals surface area contributed by atoms with Crippen LogP contribution in [0, 0.1) is 5.92 Å². The van der Waals surface area contributed by atoms with E-state index in [9.17, 15) is 4.79 Å². The van der Waals surface area contributed by atoms with Gasteiger partial charge in [-0.1, -0.05) is 19.3 Å². The number of carbonyl (C=O) groups excluding carboxylic acids is 1. The topological polar surface area (TPSA) is 53.6 Å². The number of carbonyl (C=O) groups is 1. The Morgan fingerprint density at radius 3 is 2.67 bits per heavy atom. The summed E-state index contributed by atoms with van der Waals surface area (Å²) in [6.45, 7) is 7.14. The largest absolute Gasteiger partial charge is 0.379 e. The second kappa shape index (κ2) is 10.1. The highest BCUT2D eigenvalue weighted by atomic mass is 16.5. The number of rotatable bonds is 8. The van der Waals surface area contributed by atoms with Crippen LogP contribution in [0.2, 0.25) is 0 Å². The average Bonchev–Trinajstić information content (AvgIpc) is 2.54. The van der Waals surface area contributed by atoms with Gasteiger partial charge < -0.3 is 15.4 Å². The number of ether oxygens (including phenoxy) is 1. The molecule has 0 radical (unpaired) electrons. The molecule has 0 spiro atoms. The van der Waals surface area contributed by atoms with E-state index in [0.29, 0.717) is 12.5 Å². The molecule has 1 amide bonds. The molecular weight excluding hydrogens is 266 g/mol. The Balaban J connectivity index is 1.41. The van der Waals surface area contributed by atoms with Crippen molar-refractivity contribution in [3.63, 3.8) is 0 Å². The maximum Gasteiger partial charge on any atom is 0.233 e. The van der Waals surface area contributed by atoms with Crippen LogP contribution in [0.5, 0.6) is 0 Å². The van der Waals surface area contributed by atoms with Gasteiger partial charge in [-0.25, -0.2) is 0 Å². The first-order valence-electron chi connectivity index (χ1n) is 8.62. The minimum absolute atomic E-state index is 0.145. The number of hydrogen-bond donors (Lipinski definition) is 2. The Labute approximate surface area is 128 Å². The van der Waals surface area contributed by atoms with Gasteiger partial charge in [0.05, 0.1) is 19.8 Å². The lowest BCUT2D eigenvalue weighted by Crippen LogP contribution is -2.39. The molecule has 2 N–H and O–H groups in total. The van der Waals surface area contributed by atoms with Gasteiger partial charge in [-0.3, -0.25) is 9.69 Å². The Kier molecular flexibility index (Phi) is 8.07. The van der Waals surface area contributed by atoms with Crippen LogP contribution in [0.3, 0.4) is 0 Å². The Morgan fingerprint density at radius 1 is 1.14 bits per heavy atom. The fourth-order valence-electron chi connectivity index (χ4n) is 3.17. The molecule has 0 aromatic heterocycles. The van der Waals surface area contributed by atoms with Crippen LogP contribution >= 0.6 is 0 Å². The van der Waals surface area contributed by atoms with Gasteiger partial charge in [0.15, 0.2) is 0 Å². The van der Waals surface area contributed by atoms with Gasteiger partial charge in [0.25, 0.3) is 0 Å². The van der Waals surface area contributed by atoms with Crippen LogP contribution in [0.25, 0.3) is 0 Å². The van der Waals surface area contributed by atoms with Crippen LogP contribution in [-0.2, 0) is 9.53 Å². The van der Waals surface area contributed by atoms with E-state index < -0.39 is 0 Å². The van der Waals surface area contributed by atoms with Crippen molar-refractivity contribution in [1.82, 2.24) is 15.5 Å². The number of hydrogen-bond acceptors (Lipinski definition) is 4. The van der Waals surface area contributed by atoms with Crippen LogP contribution in [0.15, 0.2) is 0 Å². The van der Waals surface area contributed by atoms with Gasteiger partial charge in [-0.05, 0) is 38.3 Å². The van der Waals surface area contributed by atoms with Crippen molar-refractivity contribution < 1.29 is 9.53 Å². The van der Waals surface area contributed by atoms with Gasteiger partial charge in [0, 0.05) is 19.6 Å². The van der Waals surface area contributed by atoms with E-state index in [1.807, 2.05) is 0 Å². The van der Waals surface area contributed by atoms with Crippen LogP contribution in [-0.4, -0.2) is 63.3 Å². The van der Waals surface area contributed by atoms with Crippen molar-refractivity contribution in [2.75, 3.05) is 52.5 Å². The summed E-state index contributed by atoms with van der Waals surface area (Å²) in [5.74, 6) is 0.857. The lowest BCUT2D eigenvalue weighted by molar-refractivity contribution is -0.120. The van der Waals surface area contributed by atoms with Crippen LogP contribution in [0.1, 0.15) is 38.5 Å². The fraction of sp³-hybridized carbons (Fsp3) is 0.938. The molecule has 5 nitrogen and oxygen atoms in total. The van der Waals surface area contributed by atoms with E-state index in [1.54, 1.807) is 0 Å². The highest BCUT2D eigenvalue weighted by Gasteiger charge is 2.14. The van der Waals surface area contributed by atoms with Crippen molar-refractivity contribution in [2.24, 2.45) is 5.92 Å². The summed E-state index contributed by atoms with van der Waals surface area (Å²) in [6, 6.07) is 0. The van der Waals surface area contributed by atoms with Crippen molar-refractivity contribution in [3.05, 3.63) is 0 Å². The van der Waals surface area contributed by atoms with Gasteiger partial charge in [-0.15, -0.1) is 0 Å². The fourth-order valence-corrected chi connectivity index (χ4v) is 3.17. The lowest BCUT2D eigenvalue weighted by atomic mass is 9.89. The molecule has 1 heterocycles. The number of nitrogens with zero attached hydrogens (tertiary/aromatic N) is 1. The zero-order valence-corrected chi connectivity index (χ0v) is 13.2. The first-order valence-corrected chi connectivity index (χ1v) is 8.62. The van der Waals surface area contributed by atoms with E-state index in [2.05, 4.69) is 15.5 Å². The second-order valence-electron chi connectivity index (χ2n) is 6.29. The van der Waals surface area contributed by atoms with Gasteiger partial charge in [-0.2, -0.15) is 0 Å². The predicted molar refractivity (Wildman–Crippen MR) is 84.3 cm³/mol. The van der Waals surface area contributed by atoms with Gasteiger partial charge >= 0.3 is 0 Å². The molecule has 1 aliphatic carbocycles. The summed E-state index contributed by atoms with van der Waals surface area (Å²) in [5.41, 5.74) is 0. The Bertz CT molecular complexity index is 287. The number of nitrogens with one attached hydrogen (secondary N) is 2. The Hall–Kier alpha value is -0.650. The molecule has 2 fully saturated rings. The number of morpholine rings is 1. The summed E-state index contributed by atoms with van der Waals surface area (Å²) in [6.07, 6.45) is 7.70. The molecule has 1 aliphatic heterocycles. The molecule has 0 aromatic rings. The molecule has 1 saturated carbocycles. The first-order chi connectivity index (χ1) is 10.3. The minimum atomic E-state index is 0.145. The van der Waals surface area contributed by atoms with Crippen molar-refractivity contribution >= 4 is 5.91 Å². The van der Waals surface area contributed by atoms with Crippen molar-refractivity contribution in [2.45, 2.75) is 38.5 Å². The normalized spacial score (nSPS) is 21.3. The summed E-state index contributed by atoms with van der Waals surface area (Å²) >= 11 is 0. The van der Waals surface area contributed by atoms with Gasteiger partial charge in [0.1, 0.15) is 0 Å². The smallest absolute Gasteiger partial charge is 0.233 e. The summed E-state index contributed by atoms with van der Waals surface area (Å²) in [7, 11) is 0. The van der Waals surface area contributed by atoms with Crippen LogP contribution in [0.4, 0.5) is 0 Å². The maximum absolute atomic E-state index is 11.7. The van der Waals surface area contributed by atoms with E-state index in [-0.39, 0.29) is 5.91 Å². The van der Waals surface area contributed by atoms with Crippen LogP contribution < -0.4 is 10.6 Å². The molecule has 0 unspecified atom stereocenters. The molecule has 0 aromatic carbocycles.